The van der Waals surface area contributed by atoms with Crippen LogP contribution in [-0.2, 0) is 0 Å². The minimum atomic E-state index is 1.04. The summed E-state index contributed by atoms with van der Waals surface area (Å²) in [5, 5.41) is 0. The quantitative estimate of drug-likeness (QED) is 0.585. The second kappa shape index (κ2) is 3.57. The van der Waals surface area contributed by atoms with Gasteiger partial charge in [0.25, 0.3) is 0 Å². The van der Waals surface area contributed by atoms with Crippen molar-refractivity contribution >= 4 is 0 Å². The van der Waals surface area contributed by atoms with Crippen molar-refractivity contribution in [2.45, 2.75) is 32.1 Å². The first-order chi connectivity index (χ1) is 5.45. The molecule has 0 atom stereocenters. The average molecular weight is 152 g/mol. The number of nitrogens with zero attached hydrogens (tertiary/aromatic N) is 1. The Balaban J connectivity index is 1.71. The Kier molecular flexibility index (Phi) is 2.47. The Labute approximate surface area is 69.8 Å². The highest BCUT2D eigenvalue weighted by Crippen LogP contribution is 2.26. The normalized spacial score (nSPS) is 28.4. The Hall–Kier alpha value is -0.0400. The highest BCUT2D eigenvalue weighted by Gasteiger charge is 2.20. The first-order valence-corrected chi connectivity index (χ1v) is 4.99. The topological polar surface area (TPSA) is 3.24 Å². The van der Waals surface area contributed by atoms with Crippen molar-refractivity contribution in [1.82, 2.24) is 4.90 Å². The van der Waals surface area contributed by atoms with E-state index in [1.54, 1.807) is 0 Å². The molecule has 0 amide bonds. The standard InChI is InChI=1S/C10H18N/c1-2-6-10(5-1)9-11-7-3-4-8-11/h3,10H,1-2,4-9H2. The van der Waals surface area contributed by atoms with E-state index in [1.165, 1.54) is 51.7 Å². The van der Waals surface area contributed by atoms with E-state index in [1.807, 2.05) is 0 Å². The SMILES string of the molecule is [CH]1CCN(CC2CCCC2)C1. The zero-order valence-corrected chi connectivity index (χ0v) is 7.26. The van der Waals surface area contributed by atoms with Crippen molar-refractivity contribution in [2.24, 2.45) is 5.92 Å². The van der Waals surface area contributed by atoms with Crippen LogP contribution in [-0.4, -0.2) is 24.5 Å². The zero-order chi connectivity index (χ0) is 7.52. The van der Waals surface area contributed by atoms with Crippen molar-refractivity contribution in [1.29, 1.82) is 0 Å². The lowest BCUT2D eigenvalue weighted by atomic mass is 10.1. The Morgan fingerprint density at radius 1 is 1.27 bits per heavy atom. The summed E-state index contributed by atoms with van der Waals surface area (Å²) in [6.07, 6.45) is 9.71. The molecule has 1 saturated carbocycles. The molecular formula is C10H18N. The molecular weight excluding hydrogens is 134 g/mol. The van der Waals surface area contributed by atoms with Gasteiger partial charge >= 0.3 is 0 Å². The third-order valence-electron chi connectivity index (χ3n) is 3.03. The minimum Gasteiger partial charge on any atom is -0.303 e. The molecule has 0 aromatic carbocycles. The molecule has 2 fully saturated rings. The number of hydrogen-bond donors (Lipinski definition) is 0. The van der Waals surface area contributed by atoms with Gasteiger partial charge in [0.2, 0.25) is 0 Å². The van der Waals surface area contributed by atoms with Crippen molar-refractivity contribution in [3.05, 3.63) is 6.42 Å². The molecule has 1 aliphatic heterocycles. The van der Waals surface area contributed by atoms with E-state index in [2.05, 4.69) is 11.3 Å². The van der Waals surface area contributed by atoms with Gasteiger partial charge < -0.3 is 4.90 Å². The van der Waals surface area contributed by atoms with Gasteiger partial charge in [-0.25, -0.2) is 0 Å². The summed E-state index contributed by atoms with van der Waals surface area (Å²) in [6, 6.07) is 0. The van der Waals surface area contributed by atoms with Crippen LogP contribution >= 0.6 is 0 Å². The van der Waals surface area contributed by atoms with E-state index < -0.39 is 0 Å². The fourth-order valence-electron chi connectivity index (χ4n) is 2.36. The zero-order valence-electron chi connectivity index (χ0n) is 7.26. The summed E-state index contributed by atoms with van der Waals surface area (Å²) in [7, 11) is 0. The van der Waals surface area contributed by atoms with E-state index in [9.17, 15) is 0 Å². The largest absolute Gasteiger partial charge is 0.303 e. The Morgan fingerprint density at radius 2 is 2.09 bits per heavy atom. The highest BCUT2D eigenvalue weighted by molar-refractivity contribution is 4.83. The minimum absolute atomic E-state index is 1.04. The van der Waals surface area contributed by atoms with Crippen LogP contribution in [0.5, 0.6) is 0 Å². The third-order valence-corrected chi connectivity index (χ3v) is 3.03. The van der Waals surface area contributed by atoms with Gasteiger partial charge in [-0.2, -0.15) is 0 Å². The summed E-state index contributed by atoms with van der Waals surface area (Å²) < 4.78 is 0. The van der Waals surface area contributed by atoms with Crippen LogP contribution in [0.3, 0.4) is 0 Å². The average Bonchev–Trinajstić information content (AvgIpc) is 2.60. The van der Waals surface area contributed by atoms with Crippen LogP contribution in [0, 0.1) is 12.3 Å². The van der Waals surface area contributed by atoms with Crippen LogP contribution in [0.15, 0.2) is 0 Å². The molecule has 63 valence electrons. The summed E-state index contributed by atoms with van der Waals surface area (Å²) in [4.78, 5) is 2.61. The van der Waals surface area contributed by atoms with Crippen LogP contribution in [0.4, 0.5) is 0 Å². The first kappa shape index (κ1) is 7.60. The molecule has 0 N–H and O–H groups in total. The Bertz CT molecular complexity index is 96.0. The monoisotopic (exact) mass is 152 g/mol. The second-order valence-electron chi connectivity index (χ2n) is 3.99. The molecule has 0 unspecified atom stereocenters. The molecule has 0 spiro atoms. The third kappa shape index (κ3) is 1.96. The van der Waals surface area contributed by atoms with E-state index in [4.69, 9.17) is 0 Å². The smallest absolute Gasteiger partial charge is 0.00134 e. The van der Waals surface area contributed by atoms with Gasteiger partial charge in [-0.05, 0) is 38.1 Å². The number of likely N-dealkylation sites (tertiary alicyclic amines) is 1. The molecule has 0 aromatic rings. The van der Waals surface area contributed by atoms with Crippen LogP contribution < -0.4 is 0 Å². The predicted octanol–water partition coefficient (Wildman–Crippen LogP) is 2.09. The molecule has 1 nitrogen and oxygen atoms in total. The predicted molar refractivity (Wildman–Crippen MR) is 47.3 cm³/mol. The maximum Gasteiger partial charge on any atom is 0.00134 e. The van der Waals surface area contributed by atoms with Gasteiger partial charge in [-0.1, -0.05) is 12.8 Å². The fraction of sp³-hybridized carbons (Fsp3) is 0.900. The molecule has 2 rings (SSSR count). The molecule has 0 aromatic heterocycles. The second-order valence-corrected chi connectivity index (χ2v) is 3.99. The maximum absolute atomic E-state index is 2.61. The van der Waals surface area contributed by atoms with Crippen molar-refractivity contribution in [2.75, 3.05) is 19.6 Å². The van der Waals surface area contributed by atoms with Crippen LogP contribution in [0.1, 0.15) is 32.1 Å². The molecule has 0 bridgehead atoms. The highest BCUT2D eigenvalue weighted by atomic mass is 15.1. The first-order valence-electron chi connectivity index (χ1n) is 4.99. The fourth-order valence-corrected chi connectivity index (χ4v) is 2.36. The summed E-state index contributed by atoms with van der Waals surface area (Å²) in [5.41, 5.74) is 0. The lowest BCUT2D eigenvalue weighted by Gasteiger charge is -2.18. The molecule has 1 heterocycles. The Morgan fingerprint density at radius 3 is 2.73 bits per heavy atom. The molecule has 1 aliphatic carbocycles. The van der Waals surface area contributed by atoms with E-state index >= 15 is 0 Å². The van der Waals surface area contributed by atoms with Gasteiger partial charge in [0, 0.05) is 13.1 Å². The van der Waals surface area contributed by atoms with Gasteiger partial charge in [0.05, 0.1) is 0 Å². The summed E-state index contributed by atoms with van der Waals surface area (Å²) in [5.74, 6) is 1.04. The van der Waals surface area contributed by atoms with Gasteiger partial charge in [-0.15, -0.1) is 0 Å². The lowest BCUT2D eigenvalue weighted by molar-refractivity contribution is 0.284. The molecule has 1 radical (unpaired) electrons. The van der Waals surface area contributed by atoms with E-state index in [0.29, 0.717) is 0 Å². The van der Waals surface area contributed by atoms with Gasteiger partial charge in [0.1, 0.15) is 0 Å². The van der Waals surface area contributed by atoms with Crippen molar-refractivity contribution in [3.8, 4) is 0 Å². The van der Waals surface area contributed by atoms with E-state index in [-0.39, 0.29) is 0 Å². The van der Waals surface area contributed by atoms with E-state index in [0.717, 1.165) is 5.92 Å². The summed E-state index contributed by atoms with van der Waals surface area (Å²) in [6.45, 7) is 3.98. The molecule has 2 aliphatic rings. The summed E-state index contributed by atoms with van der Waals surface area (Å²) >= 11 is 0. The number of hydrogen-bond acceptors (Lipinski definition) is 1. The van der Waals surface area contributed by atoms with Crippen LogP contribution in [0.25, 0.3) is 0 Å². The van der Waals surface area contributed by atoms with Crippen LogP contribution in [0.2, 0.25) is 0 Å². The van der Waals surface area contributed by atoms with Crippen molar-refractivity contribution < 1.29 is 0 Å². The lowest BCUT2D eigenvalue weighted by Crippen LogP contribution is -2.25. The van der Waals surface area contributed by atoms with Gasteiger partial charge in [-0.3, -0.25) is 0 Å². The molecule has 1 heteroatoms. The molecule has 11 heavy (non-hydrogen) atoms. The molecule has 1 saturated heterocycles. The maximum atomic E-state index is 2.61. The number of rotatable bonds is 2. The van der Waals surface area contributed by atoms with Crippen molar-refractivity contribution in [3.63, 3.8) is 0 Å². The van der Waals surface area contributed by atoms with Gasteiger partial charge in [0.15, 0.2) is 0 Å².